The first-order valence-electron chi connectivity index (χ1n) is 6.91. The number of phenolic OH excluding ortho intramolecular Hbond substituents is 1. The second-order valence-electron chi connectivity index (χ2n) is 6.16. The predicted molar refractivity (Wildman–Crippen MR) is 80.1 cm³/mol. The maximum atomic E-state index is 12.3. The van der Waals surface area contributed by atoms with Crippen molar-refractivity contribution in [1.29, 1.82) is 0 Å². The molecule has 1 N–H and O–H groups in total. The first-order chi connectivity index (χ1) is 9.65. The Morgan fingerprint density at radius 3 is 2.38 bits per heavy atom. The van der Waals surface area contributed by atoms with E-state index in [0.717, 1.165) is 0 Å². The highest BCUT2D eigenvalue weighted by molar-refractivity contribution is 5.75. The fourth-order valence-corrected chi connectivity index (χ4v) is 1.97. The van der Waals surface area contributed by atoms with Crippen LogP contribution in [0.1, 0.15) is 46.2 Å². The minimum atomic E-state index is -0.799. The quantitative estimate of drug-likeness (QED) is 0.865. The van der Waals surface area contributed by atoms with Crippen molar-refractivity contribution in [3.63, 3.8) is 0 Å². The maximum absolute atomic E-state index is 12.3. The number of phenols is 1. The largest absolute Gasteiger partial charge is 0.508 e. The van der Waals surface area contributed by atoms with Gasteiger partial charge in [-0.1, -0.05) is 12.1 Å². The normalized spacial score (nSPS) is 12.9. The van der Waals surface area contributed by atoms with E-state index in [9.17, 15) is 14.7 Å². The third kappa shape index (κ3) is 4.77. The number of carbonyl (C=O) groups excluding carboxylic acids is 2. The SMILES string of the molecule is CC(C)N(C(=O)OC(C)(C)C)C(C=O)c1cccc(O)c1. The van der Waals surface area contributed by atoms with Crippen LogP contribution in [0.15, 0.2) is 24.3 Å². The summed E-state index contributed by atoms with van der Waals surface area (Å²) >= 11 is 0. The van der Waals surface area contributed by atoms with Crippen molar-refractivity contribution in [1.82, 2.24) is 4.90 Å². The van der Waals surface area contributed by atoms with Crippen molar-refractivity contribution in [3.8, 4) is 5.75 Å². The minimum absolute atomic E-state index is 0.0484. The fourth-order valence-electron chi connectivity index (χ4n) is 1.97. The van der Waals surface area contributed by atoms with E-state index in [1.807, 2.05) is 13.8 Å². The van der Waals surface area contributed by atoms with E-state index in [1.54, 1.807) is 32.9 Å². The number of benzene rings is 1. The highest BCUT2D eigenvalue weighted by atomic mass is 16.6. The fraction of sp³-hybridized carbons (Fsp3) is 0.500. The molecule has 0 fully saturated rings. The minimum Gasteiger partial charge on any atom is -0.508 e. The molecule has 0 saturated carbocycles. The average molecular weight is 293 g/mol. The van der Waals surface area contributed by atoms with E-state index >= 15 is 0 Å². The van der Waals surface area contributed by atoms with Crippen LogP contribution in [0.4, 0.5) is 4.79 Å². The lowest BCUT2D eigenvalue weighted by atomic mass is 10.1. The highest BCUT2D eigenvalue weighted by Crippen LogP contribution is 2.26. The van der Waals surface area contributed by atoms with Crippen molar-refractivity contribution in [2.24, 2.45) is 0 Å². The Bertz CT molecular complexity index is 505. The lowest BCUT2D eigenvalue weighted by molar-refractivity contribution is -0.113. The molecule has 0 heterocycles. The monoisotopic (exact) mass is 293 g/mol. The van der Waals surface area contributed by atoms with Crippen LogP contribution < -0.4 is 0 Å². The third-order valence-corrected chi connectivity index (χ3v) is 2.80. The van der Waals surface area contributed by atoms with Gasteiger partial charge in [-0.05, 0) is 52.3 Å². The Morgan fingerprint density at radius 2 is 1.95 bits per heavy atom. The number of aromatic hydroxyl groups is 1. The zero-order valence-electron chi connectivity index (χ0n) is 13.2. The molecule has 0 radical (unpaired) electrons. The Kier molecular flexibility index (Phi) is 5.35. The molecule has 1 amide bonds. The molecule has 1 unspecified atom stereocenters. The van der Waals surface area contributed by atoms with Gasteiger partial charge in [-0.15, -0.1) is 0 Å². The number of aldehydes is 1. The van der Waals surface area contributed by atoms with Crippen LogP contribution in [0.25, 0.3) is 0 Å². The molecule has 5 nitrogen and oxygen atoms in total. The standard InChI is InChI=1S/C16H23NO4/c1-11(2)17(15(20)21-16(3,4)5)14(10-18)12-7-6-8-13(19)9-12/h6-11,14,19H,1-5H3. The van der Waals surface area contributed by atoms with Crippen molar-refractivity contribution >= 4 is 12.4 Å². The molecule has 1 rings (SSSR count). The highest BCUT2D eigenvalue weighted by Gasteiger charge is 2.31. The number of rotatable bonds is 4. The molecule has 5 heteroatoms. The van der Waals surface area contributed by atoms with E-state index in [-0.39, 0.29) is 11.8 Å². The van der Waals surface area contributed by atoms with Gasteiger partial charge in [0.05, 0.1) is 0 Å². The molecular weight excluding hydrogens is 270 g/mol. The second kappa shape index (κ2) is 6.61. The van der Waals surface area contributed by atoms with Gasteiger partial charge in [-0.3, -0.25) is 4.90 Å². The van der Waals surface area contributed by atoms with Gasteiger partial charge < -0.3 is 14.6 Å². The Labute approximate surface area is 125 Å². The van der Waals surface area contributed by atoms with Crippen LogP contribution in [0.3, 0.4) is 0 Å². The summed E-state index contributed by atoms with van der Waals surface area (Å²) in [6.07, 6.45) is 0.122. The summed E-state index contributed by atoms with van der Waals surface area (Å²) in [7, 11) is 0. The van der Waals surface area contributed by atoms with Crippen LogP contribution in [-0.2, 0) is 9.53 Å². The van der Waals surface area contributed by atoms with Crippen molar-refractivity contribution in [2.75, 3.05) is 0 Å². The van der Waals surface area contributed by atoms with Gasteiger partial charge >= 0.3 is 6.09 Å². The summed E-state index contributed by atoms with van der Waals surface area (Å²) in [5, 5.41) is 9.55. The van der Waals surface area contributed by atoms with Crippen LogP contribution in [0, 0.1) is 0 Å². The lowest BCUT2D eigenvalue weighted by Gasteiger charge is -2.34. The van der Waals surface area contributed by atoms with Gasteiger partial charge in [0.15, 0.2) is 0 Å². The number of ether oxygens (including phenoxy) is 1. The van der Waals surface area contributed by atoms with Gasteiger partial charge in [-0.25, -0.2) is 4.79 Å². The summed E-state index contributed by atoms with van der Waals surface area (Å²) in [6.45, 7) is 8.93. The van der Waals surface area contributed by atoms with Gasteiger partial charge in [0.1, 0.15) is 23.7 Å². The number of hydrogen-bond donors (Lipinski definition) is 1. The Balaban J connectivity index is 3.12. The maximum Gasteiger partial charge on any atom is 0.411 e. The average Bonchev–Trinajstić information content (AvgIpc) is 2.32. The molecule has 0 bridgehead atoms. The van der Waals surface area contributed by atoms with Crippen LogP contribution >= 0.6 is 0 Å². The molecule has 0 aliphatic heterocycles. The van der Waals surface area contributed by atoms with E-state index in [4.69, 9.17) is 4.74 Å². The second-order valence-corrected chi connectivity index (χ2v) is 6.16. The molecule has 0 saturated heterocycles. The Morgan fingerprint density at radius 1 is 1.33 bits per heavy atom. The van der Waals surface area contributed by atoms with Gasteiger partial charge in [-0.2, -0.15) is 0 Å². The summed E-state index contributed by atoms with van der Waals surface area (Å²) < 4.78 is 5.36. The van der Waals surface area contributed by atoms with E-state index < -0.39 is 17.7 Å². The predicted octanol–water partition coefficient (Wildman–Crippen LogP) is 3.28. The first-order valence-corrected chi connectivity index (χ1v) is 6.91. The third-order valence-electron chi connectivity index (χ3n) is 2.80. The van der Waals surface area contributed by atoms with E-state index in [1.165, 1.54) is 17.0 Å². The van der Waals surface area contributed by atoms with E-state index in [2.05, 4.69) is 0 Å². The number of hydrogen-bond acceptors (Lipinski definition) is 4. The summed E-state index contributed by atoms with van der Waals surface area (Å²) in [5.41, 5.74) is -0.0965. The van der Waals surface area contributed by atoms with Crippen LogP contribution in [0.2, 0.25) is 0 Å². The smallest absolute Gasteiger partial charge is 0.411 e. The van der Waals surface area contributed by atoms with Crippen LogP contribution in [0.5, 0.6) is 5.75 Å². The van der Waals surface area contributed by atoms with Crippen molar-refractivity contribution < 1.29 is 19.4 Å². The molecule has 116 valence electrons. The zero-order chi connectivity index (χ0) is 16.2. The number of nitrogens with zero attached hydrogens (tertiary/aromatic N) is 1. The molecule has 1 aromatic carbocycles. The number of amides is 1. The molecule has 1 aromatic rings. The van der Waals surface area contributed by atoms with E-state index in [0.29, 0.717) is 11.8 Å². The van der Waals surface area contributed by atoms with Crippen molar-refractivity contribution in [3.05, 3.63) is 29.8 Å². The van der Waals surface area contributed by atoms with Gasteiger partial charge in [0.25, 0.3) is 0 Å². The van der Waals surface area contributed by atoms with Crippen molar-refractivity contribution in [2.45, 2.75) is 52.3 Å². The lowest BCUT2D eigenvalue weighted by Crippen LogP contribution is -2.43. The zero-order valence-corrected chi connectivity index (χ0v) is 13.2. The first kappa shape index (κ1) is 17.0. The van der Waals surface area contributed by atoms with Gasteiger partial charge in [0, 0.05) is 6.04 Å². The topological polar surface area (TPSA) is 66.8 Å². The number of carbonyl (C=O) groups is 2. The molecule has 0 spiro atoms. The molecule has 0 aromatic heterocycles. The summed E-state index contributed by atoms with van der Waals surface area (Å²) in [6, 6.07) is 5.29. The molecule has 21 heavy (non-hydrogen) atoms. The molecule has 1 atom stereocenters. The van der Waals surface area contributed by atoms with Gasteiger partial charge in [0.2, 0.25) is 0 Å². The summed E-state index contributed by atoms with van der Waals surface area (Å²) in [4.78, 5) is 25.2. The molecule has 0 aliphatic rings. The van der Waals surface area contributed by atoms with Crippen LogP contribution in [-0.4, -0.2) is 34.0 Å². The Hall–Kier alpha value is -2.04. The molecule has 0 aliphatic carbocycles. The summed E-state index contributed by atoms with van der Waals surface area (Å²) in [5.74, 6) is 0.0484. The molecular formula is C16H23NO4.